The second-order valence-electron chi connectivity index (χ2n) is 8.52. The highest BCUT2D eigenvalue weighted by Gasteiger charge is 2.25. The second kappa shape index (κ2) is 21.7. The summed E-state index contributed by atoms with van der Waals surface area (Å²) >= 11 is 0. The van der Waals surface area contributed by atoms with Gasteiger partial charge in [-0.05, 0) is 44.0 Å². The molecule has 0 aliphatic carbocycles. The van der Waals surface area contributed by atoms with Crippen LogP contribution in [0.2, 0.25) is 0 Å². The van der Waals surface area contributed by atoms with Gasteiger partial charge < -0.3 is 10.5 Å². The Hall–Kier alpha value is -1.81. The van der Waals surface area contributed by atoms with Crippen LogP contribution in [0, 0.1) is 5.92 Å². The number of nitrogens with zero attached hydrogens (tertiary/aromatic N) is 2. The predicted octanol–water partition coefficient (Wildman–Crippen LogP) is 8.56. The number of hydrogen-bond donors (Lipinski definition) is 1. The molecule has 2 unspecified atom stereocenters. The SMILES string of the molecule is CC.CC.CCCCCCC(C)CC.CCc1ccc(C2C(C)=NC(N)=CCN2C)c(OC)c1. The summed E-state index contributed by atoms with van der Waals surface area (Å²) in [7, 11) is 3.79. The molecule has 198 valence electrons. The molecule has 1 aromatic rings. The first kappa shape index (κ1) is 34.4. The molecule has 4 heteroatoms. The van der Waals surface area contributed by atoms with Crippen molar-refractivity contribution in [3.8, 4) is 5.75 Å². The molecule has 0 amide bonds. The first-order valence-electron chi connectivity index (χ1n) is 13.8. The number of benzene rings is 1. The molecule has 2 atom stereocenters. The number of aryl methyl sites for hydroxylation is 1. The van der Waals surface area contributed by atoms with Crippen LogP contribution in [0.3, 0.4) is 0 Å². The quantitative estimate of drug-likeness (QED) is 0.364. The van der Waals surface area contributed by atoms with Crippen molar-refractivity contribution in [1.82, 2.24) is 4.90 Å². The maximum atomic E-state index is 5.86. The van der Waals surface area contributed by atoms with Crippen molar-refractivity contribution in [2.75, 3.05) is 20.7 Å². The van der Waals surface area contributed by atoms with E-state index in [2.05, 4.69) is 62.8 Å². The lowest BCUT2D eigenvalue weighted by molar-refractivity contribution is 0.322. The van der Waals surface area contributed by atoms with Crippen molar-refractivity contribution in [1.29, 1.82) is 0 Å². The van der Waals surface area contributed by atoms with Gasteiger partial charge in [0.2, 0.25) is 0 Å². The molecule has 34 heavy (non-hydrogen) atoms. The summed E-state index contributed by atoms with van der Waals surface area (Å²) in [5.41, 5.74) is 9.25. The fourth-order valence-corrected chi connectivity index (χ4v) is 3.76. The smallest absolute Gasteiger partial charge is 0.124 e. The zero-order valence-electron chi connectivity index (χ0n) is 24.5. The summed E-state index contributed by atoms with van der Waals surface area (Å²) < 4.78 is 5.58. The first-order valence-corrected chi connectivity index (χ1v) is 13.8. The average Bonchev–Trinajstić information content (AvgIpc) is 3.00. The third kappa shape index (κ3) is 13.2. The van der Waals surface area contributed by atoms with Crippen LogP contribution >= 0.6 is 0 Å². The molecule has 0 spiro atoms. The highest BCUT2D eigenvalue weighted by molar-refractivity contribution is 5.90. The van der Waals surface area contributed by atoms with Crippen molar-refractivity contribution < 1.29 is 4.74 Å². The summed E-state index contributed by atoms with van der Waals surface area (Å²) in [6.07, 6.45) is 11.4. The third-order valence-electron chi connectivity index (χ3n) is 5.98. The van der Waals surface area contributed by atoms with E-state index in [-0.39, 0.29) is 6.04 Å². The van der Waals surface area contributed by atoms with E-state index in [0.717, 1.165) is 35.9 Å². The first-order chi connectivity index (χ1) is 16.4. The molecular weight excluding hydrogens is 418 g/mol. The number of aliphatic imine (C=N–C) groups is 1. The number of rotatable bonds is 9. The van der Waals surface area contributed by atoms with Gasteiger partial charge in [0, 0.05) is 17.8 Å². The lowest BCUT2D eigenvalue weighted by atomic mass is 9.98. The Morgan fingerprint density at radius 1 is 1.09 bits per heavy atom. The minimum absolute atomic E-state index is 0.0909. The van der Waals surface area contributed by atoms with E-state index in [0.29, 0.717) is 5.82 Å². The minimum Gasteiger partial charge on any atom is -0.496 e. The molecule has 1 aliphatic heterocycles. The number of unbranched alkanes of at least 4 members (excludes halogenated alkanes) is 3. The Balaban J connectivity index is 0. The van der Waals surface area contributed by atoms with E-state index in [1.54, 1.807) is 7.11 Å². The van der Waals surface area contributed by atoms with Crippen LogP contribution in [0.15, 0.2) is 35.1 Å². The van der Waals surface area contributed by atoms with Crippen molar-refractivity contribution in [3.63, 3.8) is 0 Å². The van der Waals surface area contributed by atoms with Crippen LogP contribution in [0.4, 0.5) is 0 Å². The summed E-state index contributed by atoms with van der Waals surface area (Å²) in [5.74, 6) is 2.45. The molecule has 4 nitrogen and oxygen atoms in total. The van der Waals surface area contributed by atoms with Crippen LogP contribution < -0.4 is 10.5 Å². The van der Waals surface area contributed by atoms with E-state index >= 15 is 0 Å². The molecule has 0 saturated heterocycles. The largest absolute Gasteiger partial charge is 0.496 e. The fraction of sp³-hybridized carbons (Fsp3) is 0.700. The van der Waals surface area contributed by atoms with Crippen LogP contribution in [0.5, 0.6) is 5.75 Å². The predicted molar refractivity (Wildman–Crippen MR) is 154 cm³/mol. The lowest BCUT2D eigenvalue weighted by Crippen LogP contribution is -2.29. The van der Waals surface area contributed by atoms with Gasteiger partial charge in [0.05, 0.1) is 13.2 Å². The summed E-state index contributed by atoms with van der Waals surface area (Å²) in [4.78, 5) is 6.69. The Kier molecular flexibility index (Phi) is 21.9. The molecule has 1 heterocycles. The van der Waals surface area contributed by atoms with Gasteiger partial charge in [-0.1, -0.05) is 106 Å². The van der Waals surface area contributed by atoms with E-state index in [1.807, 2.05) is 40.7 Å². The number of nitrogens with two attached hydrogens (primary N) is 1. The van der Waals surface area contributed by atoms with Crippen LogP contribution in [0.25, 0.3) is 0 Å². The van der Waals surface area contributed by atoms with Crippen molar-refractivity contribution in [2.45, 2.75) is 113 Å². The minimum atomic E-state index is 0.0909. The van der Waals surface area contributed by atoms with Crippen LogP contribution in [0.1, 0.15) is 118 Å². The zero-order valence-corrected chi connectivity index (χ0v) is 24.5. The summed E-state index contributed by atoms with van der Waals surface area (Å²) in [6.45, 7) is 19.8. The summed E-state index contributed by atoms with van der Waals surface area (Å²) in [6, 6.07) is 6.49. The molecule has 0 aromatic heterocycles. The van der Waals surface area contributed by atoms with Crippen molar-refractivity contribution in [2.24, 2.45) is 16.6 Å². The standard InChI is InChI=1S/C16H23N3O.C10H22.2C2H6/c1-5-12-6-7-13(14(10-12)20-4)16-11(2)18-15(17)8-9-19(16)3;1-4-6-7-8-9-10(3)5-2;2*1-2/h6-8,10,16H,5,9,17H2,1-4H3;10H,4-9H2,1-3H3;2*1-2H3. The third-order valence-corrected chi connectivity index (χ3v) is 5.98. The van der Waals surface area contributed by atoms with Gasteiger partial charge in [-0.15, -0.1) is 0 Å². The highest BCUT2D eigenvalue weighted by Crippen LogP contribution is 2.32. The van der Waals surface area contributed by atoms with Gasteiger partial charge in [0.25, 0.3) is 0 Å². The normalized spacial score (nSPS) is 16.1. The van der Waals surface area contributed by atoms with E-state index in [4.69, 9.17) is 10.5 Å². The zero-order chi connectivity index (χ0) is 26.5. The van der Waals surface area contributed by atoms with Gasteiger partial charge in [-0.2, -0.15) is 0 Å². The Labute approximate surface area is 213 Å². The Bertz CT molecular complexity index is 682. The van der Waals surface area contributed by atoms with Crippen LogP contribution in [-0.2, 0) is 6.42 Å². The topological polar surface area (TPSA) is 50.8 Å². The maximum Gasteiger partial charge on any atom is 0.124 e. The molecule has 0 saturated carbocycles. The molecule has 2 N–H and O–H groups in total. The number of likely N-dealkylation sites (N-methyl/N-ethyl adjacent to an activating group) is 1. The monoisotopic (exact) mass is 475 g/mol. The second-order valence-corrected chi connectivity index (χ2v) is 8.52. The number of methoxy groups -OCH3 is 1. The van der Waals surface area contributed by atoms with Crippen LogP contribution in [-0.4, -0.2) is 31.3 Å². The molecule has 2 rings (SSSR count). The highest BCUT2D eigenvalue weighted by atomic mass is 16.5. The molecule has 0 radical (unpaired) electrons. The van der Waals surface area contributed by atoms with E-state index in [9.17, 15) is 0 Å². The molecular formula is C30H57N3O. The Morgan fingerprint density at radius 3 is 2.26 bits per heavy atom. The van der Waals surface area contributed by atoms with Gasteiger partial charge in [-0.25, -0.2) is 4.99 Å². The number of hydrogen-bond acceptors (Lipinski definition) is 4. The average molecular weight is 476 g/mol. The molecule has 0 fully saturated rings. The van der Waals surface area contributed by atoms with E-state index in [1.165, 1.54) is 44.1 Å². The fourth-order valence-electron chi connectivity index (χ4n) is 3.76. The van der Waals surface area contributed by atoms with Gasteiger partial charge in [0.15, 0.2) is 0 Å². The summed E-state index contributed by atoms with van der Waals surface area (Å²) in [5, 5.41) is 0. The molecule has 0 bridgehead atoms. The Morgan fingerprint density at radius 2 is 1.74 bits per heavy atom. The van der Waals surface area contributed by atoms with Gasteiger partial charge >= 0.3 is 0 Å². The lowest BCUT2D eigenvalue weighted by Gasteiger charge is -2.27. The van der Waals surface area contributed by atoms with E-state index < -0.39 is 0 Å². The van der Waals surface area contributed by atoms with Gasteiger partial charge in [-0.3, -0.25) is 4.90 Å². The maximum absolute atomic E-state index is 5.86. The van der Waals surface area contributed by atoms with Gasteiger partial charge in [0.1, 0.15) is 11.6 Å². The molecule has 1 aromatic carbocycles. The molecule has 1 aliphatic rings. The number of ether oxygens (including phenoxy) is 1. The van der Waals surface area contributed by atoms with Crippen molar-refractivity contribution in [3.05, 3.63) is 41.2 Å². The van der Waals surface area contributed by atoms with Crippen molar-refractivity contribution >= 4 is 5.71 Å².